The Labute approximate surface area is 186 Å². The second-order valence-corrected chi connectivity index (χ2v) is 7.72. The number of benzene rings is 1. The van der Waals surface area contributed by atoms with Gasteiger partial charge in [-0.2, -0.15) is 0 Å². The molecule has 1 aliphatic rings. The molecule has 5 nitrogen and oxygen atoms in total. The number of amides is 1. The first-order valence-corrected chi connectivity index (χ1v) is 9.67. The van der Waals surface area contributed by atoms with E-state index in [1.165, 1.54) is 0 Å². The maximum absolute atomic E-state index is 12.0. The van der Waals surface area contributed by atoms with Gasteiger partial charge in [0.25, 0.3) is 5.91 Å². The van der Waals surface area contributed by atoms with Crippen molar-refractivity contribution in [1.29, 1.82) is 0 Å². The molecule has 2 aromatic rings. The summed E-state index contributed by atoms with van der Waals surface area (Å²) in [7, 11) is 3.53. The Kier molecular flexibility index (Phi) is 10.1. The second kappa shape index (κ2) is 11.5. The van der Waals surface area contributed by atoms with Crippen molar-refractivity contribution < 1.29 is 4.79 Å². The van der Waals surface area contributed by atoms with Crippen LogP contribution < -0.4 is 0 Å². The molecule has 1 aromatic heterocycles. The molecular formula is C22H32Cl2N4O. The van der Waals surface area contributed by atoms with Gasteiger partial charge in [0.05, 0.1) is 5.69 Å². The Hall–Kier alpha value is -1.66. The van der Waals surface area contributed by atoms with Crippen molar-refractivity contribution >= 4 is 30.7 Å². The average Bonchev–Trinajstić information content (AvgIpc) is 2.68. The van der Waals surface area contributed by atoms with Crippen LogP contribution in [0, 0.1) is 0 Å². The lowest BCUT2D eigenvalue weighted by Crippen LogP contribution is -2.48. The summed E-state index contributed by atoms with van der Waals surface area (Å²) in [6.45, 7) is 9.90. The molecule has 0 radical (unpaired) electrons. The van der Waals surface area contributed by atoms with E-state index in [2.05, 4.69) is 40.8 Å². The molecule has 1 saturated heterocycles. The lowest BCUT2D eigenvalue weighted by Gasteiger charge is -2.36. The summed E-state index contributed by atoms with van der Waals surface area (Å²) in [6.07, 6.45) is 1.93. The summed E-state index contributed by atoms with van der Waals surface area (Å²) in [5.41, 5.74) is 3.96. The van der Waals surface area contributed by atoms with E-state index in [1.807, 2.05) is 30.5 Å². The zero-order chi connectivity index (χ0) is 19.4. The molecular weight excluding hydrogens is 407 g/mol. The Morgan fingerprint density at radius 2 is 1.55 bits per heavy atom. The van der Waals surface area contributed by atoms with Crippen molar-refractivity contribution in [3.05, 3.63) is 53.9 Å². The lowest BCUT2D eigenvalue weighted by molar-refractivity contribution is 0.0827. The largest absolute Gasteiger partial charge is 0.345 e. The molecule has 3 rings (SSSR count). The fourth-order valence-electron chi connectivity index (χ4n) is 3.42. The van der Waals surface area contributed by atoms with E-state index in [0.717, 1.165) is 49.5 Å². The van der Waals surface area contributed by atoms with Crippen LogP contribution in [-0.2, 0) is 6.54 Å². The number of aromatic nitrogens is 1. The highest BCUT2D eigenvalue weighted by Crippen LogP contribution is 2.20. The van der Waals surface area contributed by atoms with Crippen LogP contribution in [-0.4, -0.2) is 71.9 Å². The number of carbonyl (C=O) groups is 1. The summed E-state index contributed by atoms with van der Waals surface area (Å²) < 4.78 is 0. The van der Waals surface area contributed by atoms with Crippen molar-refractivity contribution in [3.8, 4) is 11.1 Å². The zero-order valence-corrected chi connectivity index (χ0v) is 19.3. The summed E-state index contributed by atoms with van der Waals surface area (Å²) in [4.78, 5) is 23.2. The molecule has 0 saturated carbocycles. The lowest BCUT2D eigenvalue weighted by atomic mass is 10.0. The van der Waals surface area contributed by atoms with Crippen molar-refractivity contribution in [1.82, 2.24) is 19.7 Å². The van der Waals surface area contributed by atoms with Gasteiger partial charge in [0.1, 0.15) is 0 Å². The first-order valence-electron chi connectivity index (χ1n) is 9.67. The molecule has 0 unspecified atom stereocenters. The summed E-state index contributed by atoms with van der Waals surface area (Å²) in [5.74, 6) is 0.0209. The normalized spacial score (nSPS) is 14.8. The SMILES string of the molecule is CC(C)N1CCN(Cc2ccc(-c3ccc(C(=O)N(C)C)cc3)cn2)CC1.Cl.Cl. The van der Waals surface area contributed by atoms with Gasteiger partial charge < -0.3 is 4.90 Å². The molecule has 0 N–H and O–H groups in total. The van der Waals surface area contributed by atoms with E-state index in [4.69, 9.17) is 0 Å². The first-order chi connectivity index (χ1) is 12.9. The van der Waals surface area contributed by atoms with Gasteiger partial charge in [-0.3, -0.25) is 19.6 Å². The van der Waals surface area contributed by atoms with E-state index < -0.39 is 0 Å². The predicted molar refractivity (Wildman–Crippen MR) is 124 cm³/mol. The molecule has 160 valence electrons. The van der Waals surface area contributed by atoms with Crippen LogP contribution in [0.5, 0.6) is 0 Å². The van der Waals surface area contributed by atoms with Gasteiger partial charge >= 0.3 is 0 Å². The smallest absolute Gasteiger partial charge is 0.253 e. The molecule has 1 fully saturated rings. The molecule has 0 aliphatic carbocycles. The number of carbonyl (C=O) groups excluding carboxylic acids is 1. The fraction of sp³-hybridized carbons (Fsp3) is 0.455. The number of nitrogens with zero attached hydrogens (tertiary/aromatic N) is 4. The fourth-order valence-corrected chi connectivity index (χ4v) is 3.42. The van der Waals surface area contributed by atoms with Crippen molar-refractivity contribution in [2.45, 2.75) is 26.4 Å². The molecule has 0 spiro atoms. The van der Waals surface area contributed by atoms with Crippen LogP contribution in [0.3, 0.4) is 0 Å². The third-order valence-electron chi connectivity index (χ3n) is 5.22. The van der Waals surface area contributed by atoms with Gasteiger partial charge in [0, 0.05) is 70.2 Å². The molecule has 29 heavy (non-hydrogen) atoms. The van der Waals surface area contributed by atoms with E-state index in [1.54, 1.807) is 19.0 Å². The maximum atomic E-state index is 12.0. The highest BCUT2D eigenvalue weighted by molar-refractivity contribution is 5.94. The van der Waals surface area contributed by atoms with Crippen LogP contribution >= 0.6 is 24.8 Å². The molecule has 0 bridgehead atoms. The third kappa shape index (κ3) is 6.68. The summed E-state index contributed by atoms with van der Waals surface area (Å²) in [5, 5.41) is 0. The average molecular weight is 439 g/mol. The Bertz CT molecular complexity index is 755. The molecule has 0 atom stereocenters. The molecule has 2 heterocycles. The van der Waals surface area contributed by atoms with E-state index in [0.29, 0.717) is 11.6 Å². The Morgan fingerprint density at radius 1 is 0.966 bits per heavy atom. The van der Waals surface area contributed by atoms with E-state index in [-0.39, 0.29) is 30.7 Å². The number of pyridine rings is 1. The van der Waals surface area contributed by atoms with E-state index >= 15 is 0 Å². The van der Waals surface area contributed by atoms with Crippen molar-refractivity contribution in [3.63, 3.8) is 0 Å². The predicted octanol–water partition coefficient (Wildman–Crippen LogP) is 3.82. The number of hydrogen-bond acceptors (Lipinski definition) is 4. The number of rotatable bonds is 5. The molecule has 7 heteroatoms. The highest BCUT2D eigenvalue weighted by Gasteiger charge is 2.19. The highest BCUT2D eigenvalue weighted by atomic mass is 35.5. The monoisotopic (exact) mass is 438 g/mol. The first kappa shape index (κ1) is 25.4. The van der Waals surface area contributed by atoms with Crippen LogP contribution in [0.2, 0.25) is 0 Å². The second-order valence-electron chi connectivity index (χ2n) is 7.72. The Morgan fingerprint density at radius 3 is 2.03 bits per heavy atom. The van der Waals surface area contributed by atoms with Gasteiger partial charge in [-0.25, -0.2) is 0 Å². The quantitative estimate of drug-likeness (QED) is 0.710. The van der Waals surface area contributed by atoms with Gasteiger partial charge in [-0.1, -0.05) is 18.2 Å². The van der Waals surface area contributed by atoms with Crippen molar-refractivity contribution in [2.24, 2.45) is 0 Å². The summed E-state index contributed by atoms with van der Waals surface area (Å²) >= 11 is 0. The number of hydrogen-bond donors (Lipinski definition) is 0. The standard InChI is InChI=1S/C22H30N4O.2ClH/c1-17(2)26-13-11-25(12-14-26)16-21-10-9-20(15-23-21)18-5-7-19(8-6-18)22(27)24(3)4;;/h5-10,15,17H,11-14,16H2,1-4H3;2*1H. The van der Waals surface area contributed by atoms with Crippen LogP contribution in [0.1, 0.15) is 29.9 Å². The van der Waals surface area contributed by atoms with Crippen LogP contribution in [0.15, 0.2) is 42.6 Å². The van der Waals surface area contributed by atoms with Gasteiger partial charge in [-0.15, -0.1) is 24.8 Å². The molecule has 1 aromatic carbocycles. The topological polar surface area (TPSA) is 39.7 Å². The minimum Gasteiger partial charge on any atom is -0.345 e. The maximum Gasteiger partial charge on any atom is 0.253 e. The van der Waals surface area contributed by atoms with Gasteiger partial charge in [-0.05, 0) is 37.6 Å². The zero-order valence-electron chi connectivity index (χ0n) is 17.7. The molecule has 1 amide bonds. The minimum atomic E-state index is 0. The van der Waals surface area contributed by atoms with E-state index in [9.17, 15) is 4.79 Å². The molecule has 1 aliphatic heterocycles. The summed E-state index contributed by atoms with van der Waals surface area (Å²) in [6, 6.07) is 12.6. The minimum absolute atomic E-state index is 0. The van der Waals surface area contributed by atoms with Gasteiger partial charge in [0.2, 0.25) is 0 Å². The number of piperazine rings is 1. The van der Waals surface area contributed by atoms with Crippen molar-refractivity contribution in [2.75, 3.05) is 40.3 Å². The van der Waals surface area contributed by atoms with Crippen LogP contribution in [0.25, 0.3) is 11.1 Å². The van der Waals surface area contributed by atoms with Gasteiger partial charge in [0.15, 0.2) is 0 Å². The Balaban J connectivity index is 0.00000210. The third-order valence-corrected chi connectivity index (χ3v) is 5.22. The number of halogens is 2. The van der Waals surface area contributed by atoms with Crippen LogP contribution in [0.4, 0.5) is 0 Å².